The zero-order valence-corrected chi connectivity index (χ0v) is 20.6. The summed E-state index contributed by atoms with van der Waals surface area (Å²) >= 11 is 0. The van der Waals surface area contributed by atoms with E-state index in [1.54, 1.807) is 29.2 Å². The van der Waals surface area contributed by atoms with Crippen molar-refractivity contribution in [2.75, 3.05) is 39.3 Å². The average Bonchev–Trinajstić information content (AvgIpc) is 3.22. The molecule has 0 saturated carbocycles. The number of Topliss-reactive ketones (excluding diaryl/α,β-unsaturated/α-hetero) is 1. The number of hydrogen-bond donors (Lipinski definition) is 0. The van der Waals surface area contributed by atoms with Crippen molar-refractivity contribution >= 4 is 23.5 Å². The maximum absolute atomic E-state index is 13.0. The second-order valence-electron chi connectivity index (χ2n) is 10.1. The van der Waals surface area contributed by atoms with Crippen LogP contribution in [0.3, 0.4) is 0 Å². The van der Waals surface area contributed by atoms with Crippen LogP contribution < -0.4 is 0 Å². The Morgan fingerprint density at radius 1 is 0.882 bits per heavy atom. The van der Waals surface area contributed by atoms with Gasteiger partial charge in [0.05, 0.1) is 17.7 Å². The van der Waals surface area contributed by atoms with Gasteiger partial charge in [0.2, 0.25) is 5.91 Å². The maximum atomic E-state index is 13.0. The van der Waals surface area contributed by atoms with Gasteiger partial charge in [-0.05, 0) is 52.8 Å². The zero-order valence-electron chi connectivity index (χ0n) is 20.6. The minimum absolute atomic E-state index is 0.0781. The molecule has 1 aromatic carbocycles. The van der Waals surface area contributed by atoms with E-state index in [1.165, 1.54) is 0 Å². The van der Waals surface area contributed by atoms with Crippen molar-refractivity contribution in [2.24, 2.45) is 0 Å². The van der Waals surface area contributed by atoms with Gasteiger partial charge in [-0.1, -0.05) is 12.1 Å². The van der Waals surface area contributed by atoms with Crippen LogP contribution in [0.15, 0.2) is 30.3 Å². The molecule has 0 aliphatic carbocycles. The molecule has 0 bridgehead atoms. The molecule has 0 spiro atoms. The zero-order chi connectivity index (χ0) is 24.8. The molecule has 4 rings (SSSR count). The lowest BCUT2D eigenvalue weighted by Gasteiger charge is -2.35. The van der Waals surface area contributed by atoms with Crippen molar-refractivity contribution in [3.63, 3.8) is 0 Å². The molecule has 3 heterocycles. The molecule has 1 saturated heterocycles. The minimum atomic E-state index is -0.425. The lowest BCUT2D eigenvalue weighted by molar-refractivity contribution is -0.133. The largest absolute Gasteiger partial charge is 0.343 e. The van der Waals surface area contributed by atoms with Crippen LogP contribution in [-0.4, -0.2) is 82.0 Å². The Kier molecular flexibility index (Phi) is 6.20. The number of carbonyl (C=O) groups is 4. The molecule has 2 aliphatic heterocycles. The summed E-state index contributed by atoms with van der Waals surface area (Å²) in [7, 11) is 0. The van der Waals surface area contributed by atoms with Gasteiger partial charge in [-0.2, -0.15) is 0 Å². The topological polar surface area (TPSA) is 82.9 Å². The number of rotatable bonds is 5. The lowest BCUT2D eigenvalue weighted by Crippen LogP contribution is -2.52. The molecule has 1 aromatic heterocycles. The SMILES string of the molecule is Cc1cc(C(=O)CN2CCN(C(=O)CN3C(=O)c4ccccc4C3=O)CC2)c(C)n1C(C)(C)C. The van der Waals surface area contributed by atoms with Crippen molar-refractivity contribution < 1.29 is 19.2 Å². The standard InChI is InChI=1S/C26H32N4O4/c1-17-14-21(18(2)30(17)26(3,4)5)22(31)15-27-10-12-28(13-11-27)23(32)16-29-24(33)19-8-6-7-9-20(19)25(29)34/h6-9,14H,10-13,15-16H2,1-5H3. The van der Waals surface area contributed by atoms with Crippen molar-refractivity contribution in [2.45, 2.75) is 40.2 Å². The van der Waals surface area contributed by atoms with Gasteiger partial charge in [-0.15, -0.1) is 0 Å². The van der Waals surface area contributed by atoms with E-state index in [2.05, 4.69) is 30.2 Å². The van der Waals surface area contributed by atoms with Crippen LogP contribution in [0.1, 0.15) is 63.2 Å². The number of piperazine rings is 1. The Balaban J connectivity index is 1.33. The summed E-state index contributed by atoms with van der Waals surface area (Å²) in [5.74, 6) is -1.03. The second-order valence-corrected chi connectivity index (χ2v) is 10.1. The number of fused-ring (bicyclic) bond motifs is 1. The molecule has 180 valence electrons. The fourth-order valence-corrected chi connectivity index (χ4v) is 5.14. The third-order valence-corrected chi connectivity index (χ3v) is 6.67. The molecule has 8 nitrogen and oxygen atoms in total. The van der Waals surface area contributed by atoms with Gasteiger partial charge >= 0.3 is 0 Å². The number of imide groups is 1. The van der Waals surface area contributed by atoms with Gasteiger partial charge in [0, 0.05) is 48.7 Å². The number of amides is 3. The molecule has 1 fully saturated rings. The number of carbonyl (C=O) groups excluding carboxylic acids is 4. The van der Waals surface area contributed by atoms with Crippen LogP contribution in [0.25, 0.3) is 0 Å². The minimum Gasteiger partial charge on any atom is -0.343 e. The van der Waals surface area contributed by atoms with Crippen molar-refractivity contribution in [3.8, 4) is 0 Å². The summed E-state index contributed by atoms with van der Waals surface area (Å²) in [5.41, 5.74) is 3.38. The highest BCUT2D eigenvalue weighted by molar-refractivity contribution is 6.22. The van der Waals surface area contributed by atoms with Crippen LogP contribution in [0.2, 0.25) is 0 Å². The van der Waals surface area contributed by atoms with E-state index in [9.17, 15) is 19.2 Å². The van der Waals surface area contributed by atoms with Crippen molar-refractivity contribution in [1.29, 1.82) is 0 Å². The maximum Gasteiger partial charge on any atom is 0.262 e. The highest BCUT2D eigenvalue weighted by atomic mass is 16.2. The molecule has 0 N–H and O–H groups in total. The Morgan fingerprint density at radius 3 is 1.94 bits per heavy atom. The summed E-state index contributed by atoms with van der Waals surface area (Å²) in [6, 6.07) is 8.58. The normalized spacial score (nSPS) is 16.9. The van der Waals surface area contributed by atoms with Gasteiger partial charge in [-0.3, -0.25) is 29.0 Å². The fourth-order valence-electron chi connectivity index (χ4n) is 5.14. The molecule has 2 aromatic rings. The molecule has 34 heavy (non-hydrogen) atoms. The molecule has 0 unspecified atom stereocenters. The Bertz CT molecular complexity index is 1130. The fraction of sp³-hybridized carbons (Fsp3) is 0.462. The van der Waals surface area contributed by atoms with Gasteiger partial charge in [0.1, 0.15) is 6.54 Å². The second kappa shape index (κ2) is 8.83. The van der Waals surface area contributed by atoms with Crippen LogP contribution in [0, 0.1) is 13.8 Å². The monoisotopic (exact) mass is 464 g/mol. The lowest BCUT2D eigenvalue weighted by atomic mass is 10.1. The molecule has 0 radical (unpaired) electrons. The van der Waals surface area contributed by atoms with E-state index in [1.807, 2.05) is 19.9 Å². The molecule has 2 aliphatic rings. The predicted octanol–water partition coefficient (Wildman–Crippen LogP) is 2.48. The third kappa shape index (κ3) is 4.30. The summed E-state index contributed by atoms with van der Waals surface area (Å²) in [4.78, 5) is 55.7. The smallest absolute Gasteiger partial charge is 0.262 e. The van der Waals surface area contributed by atoms with E-state index in [0.29, 0.717) is 43.9 Å². The van der Waals surface area contributed by atoms with Gasteiger partial charge in [-0.25, -0.2) is 0 Å². The summed E-state index contributed by atoms with van der Waals surface area (Å²) in [6.07, 6.45) is 0. The number of aromatic nitrogens is 1. The highest BCUT2D eigenvalue weighted by Gasteiger charge is 2.37. The summed E-state index contributed by atoms with van der Waals surface area (Å²) in [5, 5.41) is 0. The molecule has 8 heteroatoms. The molecular weight excluding hydrogens is 432 g/mol. The van der Waals surface area contributed by atoms with Crippen LogP contribution in [-0.2, 0) is 10.3 Å². The Hall–Kier alpha value is -3.26. The predicted molar refractivity (Wildman–Crippen MR) is 128 cm³/mol. The first-order chi connectivity index (χ1) is 16.0. The number of aryl methyl sites for hydroxylation is 1. The van der Waals surface area contributed by atoms with Crippen LogP contribution in [0.4, 0.5) is 0 Å². The summed E-state index contributed by atoms with van der Waals surface area (Å²) in [6.45, 7) is 12.5. The number of ketones is 1. The van der Waals surface area contributed by atoms with Crippen molar-refractivity contribution in [1.82, 2.24) is 19.3 Å². The van der Waals surface area contributed by atoms with E-state index in [0.717, 1.165) is 21.9 Å². The van der Waals surface area contributed by atoms with E-state index in [-0.39, 0.29) is 23.8 Å². The molecule has 3 amide bonds. The van der Waals surface area contributed by atoms with Gasteiger partial charge < -0.3 is 9.47 Å². The number of nitrogens with zero attached hydrogens (tertiary/aromatic N) is 4. The first-order valence-corrected chi connectivity index (χ1v) is 11.7. The van der Waals surface area contributed by atoms with Gasteiger partial charge in [0.25, 0.3) is 11.8 Å². The summed E-state index contributed by atoms with van der Waals surface area (Å²) < 4.78 is 2.19. The third-order valence-electron chi connectivity index (χ3n) is 6.67. The van der Waals surface area contributed by atoms with Crippen molar-refractivity contribution in [3.05, 3.63) is 58.4 Å². The Labute approximate surface area is 200 Å². The van der Waals surface area contributed by atoms with Crippen LogP contribution in [0.5, 0.6) is 0 Å². The number of benzene rings is 1. The van der Waals surface area contributed by atoms with Gasteiger partial charge in [0.15, 0.2) is 5.78 Å². The van der Waals surface area contributed by atoms with E-state index in [4.69, 9.17) is 0 Å². The molecular formula is C26H32N4O4. The Morgan fingerprint density at radius 2 is 1.44 bits per heavy atom. The highest BCUT2D eigenvalue weighted by Crippen LogP contribution is 2.25. The number of hydrogen-bond acceptors (Lipinski definition) is 5. The van der Waals surface area contributed by atoms with Crippen LogP contribution >= 0.6 is 0 Å². The average molecular weight is 465 g/mol. The first kappa shape index (κ1) is 23.9. The van der Waals surface area contributed by atoms with E-state index < -0.39 is 11.8 Å². The quantitative estimate of drug-likeness (QED) is 0.502. The van der Waals surface area contributed by atoms with E-state index >= 15 is 0 Å². The molecule has 0 atom stereocenters. The first-order valence-electron chi connectivity index (χ1n) is 11.7.